The quantitative estimate of drug-likeness (QED) is 0.922. The molecule has 7 heteroatoms. The third-order valence-corrected chi connectivity index (χ3v) is 4.19. The van der Waals surface area contributed by atoms with E-state index in [4.69, 9.17) is 16.3 Å². The van der Waals surface area contributed by atoms with Gasteiger partial charge >= 0.3 is 0 Å². The number of carbonyl (C=O) groups excluding carboxylic acids is 1. The number of morpholine rings is 1. The second-order valence-electron chi connectivity index (χ2n) is 5.67. The van der Waals surface area contributed by atoms with Gasteiger partial charge in [0.05, 0.1) is 29.5 Å². The van der Waals surface area contributed by atoms with Crippen LogP contribution in [0.1, 0.15) is 12.5 Å². The van der Waals surface area contributed by atoms with Crippen LogP contribution in [0.3, 0.4) is 0 Å². The van der Waals surface area contributed by atoms with Crippen LogP contribution in [-0.2, 0) is 9.53 Å². The second-order valence-corrected chi connectivity index (χ2v) is 6.11. The number of pyridine rings is 1. The van der Waals surface area contributed by atoms with Gasteiger partial charge in [-0.05, 0) is 18.2 Å². The molecular formula is C17H17ClN4O2. The molecule has 0 aliphatic carbocycles. The van der Waals surface area contributed by atoms with Crippen molar-refractivity contribution in [2.24, 2.45) is 0 Å². The van der Waals surface area contributed by atoms with Gasteiger partial charge in [-0.25, -0.2) is 0 Å². The van der Waals surface area contributed by atoms with E-state index in [1.54, 1.807) is 12.3 Å². The van der Waals surface area contributed by atoms with Crippen LogP contribution in [0, 0.1) is 11.3 Å². The first kappa shape index (κ1) is 16.5. The van der Waals surface area contributed by atoms with Crippen LogP contribution in [0.5, 0.6) is 0 Å². The van der Waals surface area contributed by atoms with Gasteiger partial charge in [0.2, 0.25) is 5.91 Å². The first-order valence-corrected chi connectivity index (χ1v) is 8.05. The SMILES string of the molecule is CC(=O)NCC1CN(c2c(C#N)cnc3ccc(Cl)cc23)CCO1. The van der Waals surface area contributed by atoms with Gasteiger partial charge in [0.15, 0.2) is 0 Å². The highest BCUT2D eigenvalue weighted by Crippen LogP contribution is 2.32. The zero-order valence-electron chi connectivity index (χ0n) is 13.3. The van der Waals surface area contributed by atoms with Crippen molar-refractivity contribution in [1.29, 1.82) is 5.26 Å². The van der Waals surface area contributed by atoms with Gasteiger partial charge in [0, 0.05) is 43.2 Å². The number of carbonyl (C=O) groups is 1. The lowest BCUT2D eigenvalue weighted by molar-refractivity contribution is -0.119. The maximum Gasteiger partial charge on any atom is 0.216 e. The fourth-order valence-electron chi connectivity index (χ4n) is 2.88. The van der Waals surface area contributed by atoms with Gasteiger partial charge in [-0.1, -0.05) is 11.6 Å². The Bertz CT molecular complexity index is 818. The molecular weight excluding hydrogens is 328 g/mol. The van der Waals surface area contributed by atoms with Gasteiger partial charge in [-0.3, -0.25) is 9.78 Å². The maximum atomic E-state index is 11.1. The van der Waals surface area contributed by atoms with Crippen molar-refractivity contribution >= 4 is 34.1 Å². The molecule has 0 spiro atoms. The Morgan fingerprint density at radius 3 is 3.17 bits per heavy atom. The molecule has 2 heterocycles. The van der Waals surface area contributed by atoms with Crippen LogP contribution in [-0.4, -0.2) is 43.2 Å². The van der Waals surface area contributed by atoms with Crippen LogP contribution in [0.25, 0.3) is 10.9 Å². The first-order chi connectivity index (χ1) is 11.6. The third-order valence-electron chi connectivity index (χ3n) is 3.96. The molecule has 3 rings (SSSR count). The number of fused-ring (bicyclic) bond motifs is 1. The van der Waals surface area contributed by atoms with Crippen molar-refractivity contribution in [2.45, 2.75) is 13.0 Å². The summed E-state index contributed by atoms with van der Waals surface area (Å²) in [5, 5.41) is 13.7. The molecule has 1 atom stereocenters. The molecule has 1 amide bonds. The highest BCUT2D eigenvalue weighted by molar-refractivity contribution is 6.31. The summed E-state index contributed by atoms with van der Waals surface area (Å²) in [6.07, 6.45) is 1.46. The predicted octanol–water partition coefficient (Wildman–Crippen LogP) is 2.10. The number of nitrogens with one attached hydrogen (secondary N) is 1. The third kappa shape index (κ3) is 3.42. The van der Waals surface area contributed by atoms with E-state index in [0.717, 1.165) is 16.6 Å². The van der Waals surface area contributed by atoms with Gasteiger partial charge < -0.3 is 15.0 Å². The summed E-state index contributed by atoms with van der Waals surface area (Å²) >= 11 is 6.14. The number of halogens is 1. The summed E-state index contributed by atoms with van der Waals surface area (Å²) in [5.41, 5.74) is 2.12. The first-order valence-electron chi connectivity index (χ1n) is 7.68. The molecule has 0 bridgehead atoms. The highest BCUT2D eigenvalue weighted by Gasteiger charge is 2.24. The van der Waals surface area contributed by atoms with E-state index in [1.165, 1.54) is 6.92 Å². The Kier molecular flexibility index (Phi) is 4.84. The summed E-state index contributed by atoms with van der Waals surface area (Å²) in [5.74, 6) is -0.0884. The molecule has 124 valence electrons. The minimum atomic E-state index is -0.128. The fraction of sp³-hybridized carbons (Fsp3) is 0.353. The van der Waals surface area contributed by atoms with Crippen molar-refractivity contribution in [3.63, 3.8) is 0 Å². The molecule has 6 nitrogen and oxygen atoms in total. The molecule has 2 aromatic rings. The number of aromatic nitrogens is 1. The Morgan fingerprint density at radius 2 is 2.42 bits per heavy atom. The molecule has 1 saturated heterocycles. The molecule has 1 aliphatic rings. The van der Waals surface area contributed by atoms with Crippen LogP contribution in [0.4, 0.5) is 5.69 Å². The number of nitrogens with zero attached hydrogens (tertiary/aromatic N) is 3. The van der Waals surface area contributed by atoms with Gasteiger partial charge in [-0.2, -0.15) is 5.26 Å². The van der Waals surface area contributed by atoms with E-state index < -0.39 is 0 Å². The van der Waals surface area contributed by atoms with Crippen LogP contribution < -0.4 is 10.2 Å². The fourth-order valence-corrected chi connectivity index (χ4v) is 3.05. The van der Waals surface area contributed by atoms with E-state index in [2.05, 4.69) is 21.3 Å². The largest absolute Gasteiger partial charge is 0.373 e. The molecule has 0 radical (unpaired) electrons. The number of hydrogen-bond donors (Lipinski definition) is 1. The minimum absolute atomic E-state index is 0.0884. The number of rotatable bonds is 3. The molecule has 1 unspecified atom stereocenters. The van der Waals surface area contributed by atoms with E-state index in [1.807, 2.05) is 12.1 Å². The maximum absolute atomic E-state index is 11.1. The number of hydrogen-bond acceptors (Lipinski definition) is 5. The van der Waals surface area contributed by atoms with E-state index in [0.29, 0.717) is 36.8 Å². The van der Waals surface area contributed by atoms with Crippen molar-refractivity contribution in [2.75, 3.05) is 31.1 Å². The lowest BCUT2D eigenvalue weighted by atomic mass is 10.1. The Morgan fingerprint density at radius 1 is 1.58 bits per heavy atom. The van der Waals surface area contributed by atoms with Gasteiger partial charge in [-0.15, -0.1) is 0 Å². The summed E-state index contributed by atoms with van der Waals surface area (Å²) < 4.78 is 5.71. The number of anilines is 1. The monoisotopic (exact) mass is 344 g/mol. The number of amides is 1. The van der Waals surface area contributed by atoms with E-state index in [-0.39, 0.29) is 12.0 Å². The highest BCUT2D eigenvalue weighted by atomic mass is 35.5. The number of benzene rings is 1. The Hall–Kier alpha value is -2.36. The van der Waals surface area contributed by atoms with Crippen LogP contribution in [0.2, 0.25) is 5.02 Å². The zero-order chi connectivity index (χ0) is 17.1. The summed E-state index contributed by atoms with van der Waals surface area (Å²) in [6.45, 7) is 3.70. The topological polar surface area (TPSA) is 78.3 Å². The van der Waals surface area contributed by atoms with Crippen LogP contribution >= 0.6 is 11.6 Å². The average molecular weight is 345 g/mol. The molecule has 1 N–H and O–H groups in total. The van der Waals surface area contributed by atoms with Crippen molar-refractivity contribution < 1.29 is 9.53 Å². The van der Waals surface area contributed by atoms with Crippen LogP contribution in [0.15, 0.2) is 24.4 Å². The van der Waals surface area contributed by atoms with Gasteiger partial charge in [0.1, 0.15) is 6.07 Å². The Labute approximate surface area is 145 Å². The normalized spacial score (nSPS) is 17.5. The number of ether oxygens (including phenoxy) is 1. The van der Waals surface area contributed by atoms with Crippen molar-refractivity contribution in [3.8, 4) is 6.07 Å². The zero-order valence-corrected chi connectivity index (χ0v) is 14.0. The van der Waals surface area contributed by atoms with E-state index in [9.17, 15) is 10.1 Å². The van der Waals surface area contributed by atoms with E-state index >= 15 is 0 Å². The summed E-state index contributed by atoms with van der Waals surface area (Å²) in [7, 11) is 0. The molecule has 1 aliphatic heterocycles. The Balaban J connectivity index is 1.96. The lowest BCUT2D eigenvalue weighted by Gasteiger charge is -2.35. The average Bonchev–Trinajstić information content (AvgIpc) is 2.59. The molecule has 1 aromatic heterocycles. The minimum Gasteiger partial charge on any atom is -0.373 e. The summed E-state index contributed by atoms with van der Waals surface area (Å²) in [6, 6.07) is 7.67. The molecule has 0 saturated carbocycles. The summed E-state index contributed by atoms with van der Waals surface area (Å²) in [4.78, 5) is 17.5. The van der Waals surface area contributed by atoms with Gasteiger partial charge in [0.25, 0.3) is 0 Å². The predicted molar refractivity (Wildman–Crippen MR) is 92.1 cm³/mol. The smallest absolute Gasteiger partial charge is 0.216 e. The molecule has 24 heavy (non-hydrogen) atoms. The second kappa shape index (κ2) is 7.04. The van der Waals surface area contributed by atoms with Crippen molar-refractivity contribution in [1.82, 2.24) is 10.3 Å². The lowest BCUT2D eigenvalue weighted by Crippen LogP contribution is -2.47. The van der Waals surface area contributed by atoms with Crippen molar-refractivity contribution in [3.05, 3.63) is 35.0 Å². The molecule has 1 fully saturated rings. The number of nitriles is 1. The standard InChI is InChI=1S/C17H17ClN4O2/c1-11(23)20-9-14-10-22(4-5-24-14)17-12(7-19)8-21-16-3-2-13(18)6-15(16)17/h2-3,6,8,14H,4-5,9-10H2,1H3,(H,20,23). The molecule has 1 aromatic carbocycles.